The molecule has 1 amide bonds. The highest BCUT2D eigenvalue weighted by Crippen LogP contribution is 2.78. The molecule has 5 saturated carbocycles. The standard InChI is InChI=1S/C42H69NO7/c1-27(2)28-12-17-42(24-33(45)43-20-22-49-23-21-44)19-18-40(8)29(36(28)42)10-11-31-39(7)15-14-32(38(5,6)30(39)13-16-41(31,40)9)50-35(48)26-37(3,4)25-34(46)47/h28-32,36,44H,1,10-26H2,2-9H3,(H,43,45)(H,46,47)/t28-,29+,30-,31+,32-,36+,39-,40+,41+,42+/m0/s1. The number of nitrogens with one attached hydrogen (secondary N) is 1. The molecule has 0 bridgehead atoms. The van der Waals surface area contributed by atoms with Crippen molar-refractivity contribution < 1.29 is 34.1 Å². The summed E-state index contributed by atoms with van der Waals surface area (Å²) in [6.45, 7) is 24.0. The molecule has 5 aliphatic rings. The summed E-state index contributed by atoms with van der Waals surface area (Å²) in [5, 5.41) is 21.5. The quantitative estimate of drug-likeness (QED) is 0.101. The smallest absolute Gasteiger partial charge is 0.306 e. The number of carboxylic acid groups (broad SMARTS) is 1. The molecule has 0 unspecified atom stereocenters. The molecular formula is C42H69NO7. The zero-order chi connectivity index (χ0) is 36.9. The van der Waals surface area contributed by atoms with E-state index in [2.05, 4.69) is 53.4 Å². The predicted molar refractivity (Wildman–Crippen MR) is 195 cm³/mol. The van der Waals surface area contributed by atoms with Crippen molar-refractivity contribution in [3.63, 3.8) is 0 Å². The van der Waals surface area contributed by atoms with E-state index in [4.69, 9.17) is 14.6 Å². The summed E-state index contributed by atoms with van der Waals surface area (Å²) in [6.07, 6.45) is 11.5. The lowest BCUT2D eigenvalue weighted by atomic mass is 9.32. The van der Waals surface area contributed by atoms with Crippen molar-refractivity contribution in [1.29, 1.82) is 0 Å². The number of aliphatic hydroxyl groups excluding tert-OH is 1. The molecule has 0 aliphatic heterocycles. The molecule has 0 aromatic heterocycles. The number of hydrogen-bond acceptors (Lipinski definition) is 6. The summed E-state index contributed by atoms with van der Waals surface area (Å²) in [6, 6.07) is 0. The molecule has 0 saturated heterocycles. The molecule has 0 aromatic rings. The molecule has 5 aliphatic carbocycles. The number of ether oxygens (including phenoxy) is 2. The summed E-state index contributed by atoms with van der Waals surface area (Å²) in [5.74, 6) is 1.47. The summed E-state index contributed by atoms with van der Waals surface area (Å²) in [4.78, 5) is 38.0. The van der Waals surface area contributed by atoms with Gasteiger partial charge in [-0.3, -0.25) is 14.4 Å². The average Bonchev–Trinajstić information content (AvgIpc) is 3.37. The van der Waals surface area contributed by atoms with Crippen LogP contribution in [0.25, 0.3) is 0 Å². The summed E-state index contributed by atoms with van der Waals surface area (Å²) >= 11 is 0. The minimum atomic E-state index is -0.890. The summed E-state index contributed by atoms with van der Waals surface area (Å²) in [5.41, 5.74) is 0.978. The van der Waals surface area contributed by atoms with Gasteiger partial charge in [0.15, 0.2) is 0 Å². The minimum Gasteiger partial charge on any atom is -0.481 e. The SMILES string of the molecule is C=C(C)[C@@H]1CC[C@]2(CC(=O)NCCOCCO)CC[C@]3(C)[C@H](CC[C@@H]4[C@@]5(C)CC[C@H](OC(=O)CC(C)(C)CC(=O)O)C(C)(C)[C@@H]5CC[C@]43C)[C@@H]12. The monoisotopic (exact) mass is 700 g/mol. The number of fused-ring (bicyclic) bond motifs is 7. The second-order valence-electron chi connectivity index (χ2n) is 19.7. The van der Waals surface area contributed by atoms with E-state index in [1.165, 1.54) is 24.8 Å². The van der Waals surface area contributed by atoms with E-state index in [1.54, 1.807) is 0 Å². The number of esters is 1. The second-order valence-corrected chi connectivity index (χ2v) is 19.7. The van der Waals surface area contributed by atoms with E-state index >= 15 is 0 Å². The Morgan fingerprint density at radius 3 is 2.24 bits per heavy atom. The first-order valence-corrected chi connectivity index (χ1v) is 19.8. The first-order chi connectivity index (χ1) is 23.3. The maximum atomic E-state index is 13.5. The zero-order valence-electron chi connectivity index (χ0n) is 32.6. The number of aliphatic carboxylic acids is 1. The van der Waals surface area contributed by atoms with Crippen LogP contribution >= 0.6 is 0 Å². The van der Waals surface area contributed by atoms with Gasteiger partial charge in [-0.2, -0.15) is 0 Å². The van der Waals surface area contributed by atoms with Gasteiger partial charge in [0.05, 0.1) is 32.7 Å². The normalized spacial score (nSPS) is 40.4. The third-order valence-corrected chi connectivity index (χ3v) is 16.0. The van der Waals surface area contributed by atoms with Gasteiger partial charge in [0, 0.05) is 18.4 Å². The second kappa shape index (κ2) is 14.1. The van der Waals surface area contributed by atoms with Gasteiger partial charge in [-0.25, -0.2) is 0 Å². The van der Waals surface area contributed by atoms with Gasteiger partial charge in [-0.1, -0.05) is 60.6 Å². The lowest BCUT2D eigenvalue weighted by Crippen LogP contribution is -2.67. The molecule has 3 N–H and O–H groups in total. The van der Waals surface area contributed by atoms with Gasteiger partial charge in [-0.15, -0.1) is 0 Å². The Bertz CT molecular complexity index is 1310. The third kappa shape index (κ3) is 6.83. The van der Waals surface area contributed by atoms with Crippen LogP contribution in [0.3, 0.4) is 0 Å². The van der Waals surface area contributed by atoms with Crippen LogP contribution in [0.5, 0.6) is 0 Å². The van der Waals surface area contributed by atoms with E-state index in [-0.39, 0.29) is 64.5 Å². The molecule has 50 heavy (non-hydrogen) atoms. The molecule has 8 heteroatoms. The lowest BCUT2D eigenvalue weighted by molar-refractivity contribution is -0.250. The topological polar surface area (TPSA) is 122 Å². The van der Waals surface area contributed by atoms with Crippen LogP contribution in [0.2, 0.25) is 0 Å². The molecule has 0 radical (unpaired) electrons. The van der Waals surface area contributed by atoms with Crippen molar-refractivity contribution in [1.82, 2.24) is 5.32 Å². The molecule has 284 valence electrons. The van der Waals surface area contributed by atoms with E-state index in [0.29, 0.717) is 55.8 Å². The predicted octanol–water partition coefficient (Wildman–Crippen LogP) is 7.96. The number of carboxylic acids is 1. The fourth-order valence-electron chi connectivity index (χ4n) is 13.7. The summed E-state index contributed by atoms with van der Waals surface area (Å²) in [7, 11) is 0. The van der Waals surface area contributed by atoms with Crippen LogP contribution in [-0.2, 0) is 23.9 Å². The molecule has 5 rings (SSSR count). The van der Waals surface area contributed by atoms with Crippen molar-refractivity contribution in [2.75, 3.05) is 26.4 Å². The van der Waals surface area contributed by atoms with Crippen LogP contribution in [0.15, 0.2) is 12.2 Å². The van der Waals surface area contributed by atoms with E-state index in [0.717, 1.165) is 44.9 Å². The molecule has 5 fully saturated rings. The summed E-state index contributed by atoms with van der Waals surface area (Å²) < 4.78 is 11.7. The van der Waals surface area contributed by atoms with Gasteiger partial charge in [0.1, 0.15) is 6.10 Å². The van der Waals surface area contributed by atoms with Gasteiger partial charge >= 0.3 is 11.9 Å². The highest BCUT2D eigenvalue weighted by atomic mass is 16.5. The fraction of sp³-hybridized carbons (Fsp3) is 0.881. The number of amides is 1. The first kappa shape index (κ1) is 39.3. The van der Waals surface area contributed by atoms with Crippen molar-refractivity contribution >= 4 is 17.8 Å². The van der Waals surface area contributed by atoms with Crippen molar-refractivity contribution in [2.45, 2.75) is 145 Å². The maximum Gasteiger partial charge on any atom is 0.306 e. The van der Waals surface area contributed by atoms with Gasteiger partial charge in [-0.05, 0) is 128 Å². The molecule has 10 atom stereocenters. The van der Waals surface area contributed by atoms with Crippen LogP contribution in [0, 0.1) is 62.1 Å². The molecular weight excluding hydrogens is 630 g/mol. The Hall–Kier alpha value is -1.93. The number of carbonyl (C=O) groups is 3. The van der Waals surface area contributed by atoms with E-state index < -0.39 is 11.4 Å². The van der Waals surface area contributed by atoms with Crippen molar-refractivity contribution in [2.24, 2.45) is 62.1 Å². The van der Waals surface area contributed by atoms with Crippen LogP contribution in [-0.4, -0.2) is 60.5 Å². The molecule has 0 aromatic carbocycles. The number of rotatable bonds is 13. The molecule has 0 spiro atoms. The van der Waals surface area contributed by atoms with Crippen LogP contribution in [0.4, 0.5) is 0 Å². The Kier molecular flexibility index (Phi) is 11.1. The lowest BCUT2D eigenvalue weighted by Gasteiger charge is -2.73. The number of aliphatic hydroxyl groups is 1. The average molecular weight is 700 g/mol. The fourth-order valence-corrected chi connectivity index (χ4v) is 13.7. The highest BCUT2D eigenvalue weighted by molar-refractivity contribution is 5.77. The molecule has 8 nitrogen and oxygen atoms in total. The molecule has 0 heterocycles. The Balaban J connectivity index is 1.35. The Morgan fingerprint density at radius 2 is 1.58 bits per heavy atom. The van der Waals surface area contributed by atoms with Crippen LogP contribution < -0.4 is 5.32 Å². The van der Waals surface area contributed by atoms with Gasteiger partial charge < -0.3 is 25.0 Å². The highest BCUT2D eigenvalue weighted by Gasteiger charge is 2.71. The number of carbonyl (C=O) groups excluding carboxylic acids is 2. The van der Waals surface area contributed by atoms with E-state index in [9.17, 15) is 19.5 Å². The maximum absolute atomic E-state index is 13.5. The minimum absolute atomic E-state index is 0.00926. The largest absolute Gasteiger partial charge is 0.481 e. The Labute approximate surface area is 302 Å². The third-order valence-electron chi connectivity index (χ3n) is 16.0. The van der Waals surface area contributed by atoms with Crippen molar-refractivity contribution in [3.8, 4) is 0 Å². The first-order valence-electron chi connectivity index (χ1n) is 19.8. The van der Waals surface area contributed by atoms with Crippen LogP contribution in [0.1, 0.15) is 139 Å². The van der Waals surface area contributed by atoms with Crippen molar-refractivity contribution in [3.05, 3.63) is 12.2 Å². The van der Waals surface area contributed by atoms with E-state index in [1.807, 2.05) is 13.8 Å². The number of hydrogen-bond donors (Lipinski definition) is 3. The number of allylic oxidation sites excluding steroid dienone is 1. The zero-order valence-corrected chi connectivity index (χ0v) is 32.6. The Morgan fingerprint density at radius 1 is 0.860 bits per heavy atom. The van der Waals surface area contributed by atoms with Gasteiger partial charge in [0.2, 0.25) is 5.91 Å². The van der Waals surface area contributed by atoms with Gasteiger partial charge in [0.25, 0.3) is 0 Å².